The van der Waals surface area contributed by atoms with E-state index in [-0.39, 0.29) is 34.2 Å². The SMILES string of the molecule is CC(C)=CC[N+]12CCC(CC1)C(CCC(C)C(N)=NC(=O)c1nc(Cl)c(N)nc1N)C2. The van der Waals surface area contributed by atoms with Gasteiger partial charge in [0.15, 0.2) is 22.5 Å². The number of piperidine rings is 3. The van der Waals surface area contributed by atoms with Gasteiger partial charge in [0.25, 0.3) is 0 Å². The average molecular weight is 449 g/mol. The average Bonchev–Trinajstić information content (AvgIpc) is 2.73. The quantitative estimate of drug-likeness (QED) is 0.254. The third-order valence-electron chi connectivity index (χ3n) is 6.94. The topological polar surface area (TPSA) is 133 Å². The van der Waals surface area contributed by atoms with Gasteiger partial charge in [0, 0.05) is 24.7 Å². The Labute approximate surface area is 189 Å². The number of anilines is 2. The van der Waals surface area contributed by atoms with Gasteiger partial charge in [-0.05, 0) is 38.7 Å². The summed E-state index contributed by atoms with van der Waals surface area (Å²) in [5, 5.41) is -0.0770. The third kappa shape index (κ3) is 5.54. The number of aliphatic imine (C=N–C) groups is 1. The van der Waals surface area contributed by atoms with Crippen LogP contribution in [0, 0.1) is 17.8 Å². The fraction of sp³-hybridized carbons (Fsp3) is 0.636. The summed E-state index contributed by atoms with van der Waals surface area (Å²) in [6, 6.07) is 0. The molecule has 0 aromatic carbocycles. The van der Waals surface area contributed by atoms with Crippen LogP contribution in [0.4, 0.5) is 11.6 Å². The van der Waals surface area contributed by atoms with Crippen molar-refractivity contribution in [2.24, 2.45) is 28.5 Å². The van der Waals surface area contributed by atoms with Gasteiger partial charge in [0.05, 0.1) is 26.2 Å². The Hall–Kier alpha value is -2.19. The highest BCUT2D eigenvalue weighted by Gasteiger charge is 2.44. The van der Waals surface area contributed by atoms with E-state index in [2.05, 4.69) is 34.9 Å². The number of amides is 1. The number of carbonyl (C=O) groups excluding carboxylic acids is 1. The number of allylic oxidation sites excluding steroid dienone is 1. The summed E-state index contributed by atoms with van der Waals surface area (Å²) in [4.78, 5) is 24.2. The van der Waals surface area contributed by atoms with Gasteiger partial charge in [0.1, 0.15) is 5.84 Å². The Morgan fingerprint density at radius 2 is 1.94 bits per heavy atom. The molecule has 2 atom stereocenters. The maximum atomic E-state index is 12.5. The predicted molar refractivity (Wildman–Crippen MR) is 126 cm³/mol. The normalized spacial score (nSPS) is 26.5. The first-order chi connectivity index (χ1) is 14.6. The number of nitrogens with two attached hydrogens (primary N) is 3. The van der Waals surface area contributed by atoms with Gasteiger partial charge in [-0.15, -0.1) is 0 Å². The predicted octanol–water partition coefficient (Wildman–Crippen LogP) is 3.03. The van der Waals surface area contributed by atoms with Gasteiger partial charge < -0.3 is 21.7 Å². The van der Waals surface area contributed by atoms with Crippen LogP contribution in [0.15, 0.2) is 16.6 Å². The molecular weight excluding hydrogens is 414 g/mol. The van der Waals surface area contributed by atoms with E-state index in [4.69, 9.17) is 28.8 Å². The van der Waals surface area contributed by atoms with E-state index in [0.717, 1.165) is 25.3 Å². The molecule has 3 aliphatic heterocycles. The van der Waals surface area contributed by atoms with E-state index in [1.165, 1.54) is 42.5 Å². The number of aromatic nitrogens is 2. The zero-order valence-corrected chi connectivity index (χ0v) is 19.5. The van der Waals surface area contributed by atoms with Crippen LogP contribution in [-0.2, 0) is 0 Å². The van der Waals surface area contributed by atoms with Crippen molar-refractivity contribution in [3.63, 3.8) is 0 Å². The Kier molecular flexibility index (Phi) is 7.21. The standard InChI is InChI=1S/C22H34ClN7O/c1-13(2)6-9-30-10-7-15(8-11-30)16(12-30)5-4-14(3)19(24)29-22(31)17-20(25)28-21(26)18(23)27-17/h6,14-16H,4-5,7-12H2,1-3H3,(H5-,24,25,26,28,29,31)/p+1. The fourth-order valence-electron chi connectivity index (χ4n) is 4.89. The number of halogens is 1. The van der Waals surface area contributed by atoms with Crippen LogP contribution in [0.1, 0.15) is 56.9 Å². The van der Waals surface area contributed by atoms with Crippen molar-refractivity contribution in [3.8, 4) is 0 Å². The maximum absolute atomic E-state index is 12.5. The van der Waals surface area contributed by atoms with Crippen LogP contribution < -0.4 is 17.2 Å². The highest BCUT2D eigenvalue weighted by molar-refractivity contribution is 6.31. The number of hydrogen-bond donors (Lipinski definition) is 3. The summed E-state index contributed by atoms with van der Waals surface area (Å²) in [5.41, 5.74) is 18.7. The van der Waals surface area contributed by atoms with E-state index in [9.17, 15) is 4.79 Å². The molecule has 3 saturated heterocycles. The van der Waals surface area contributed by atoms with Gasteiger partial charge in [-0.25, -0.2) is 9.97 Å². The zero-order chi connectivity index (χ0) is 22.8. The molecule has 4 rings (SSSR count). The third-order valence-corrected chi connectivity index (χ3v) is 7.22. The molecular formula is C22H35ClN7O+. The van der Waals surface area contributed by atoms with Crippen molar-refractivity contribution in [1.82, 2.24) is 9.97 Å². The lowest BCUT2D eigenvalue weighted by Crippen LogP contribution is -2.61. The van der Waals surface area contributed by atoms with E-state index in [1.54, 1.807) is 0 Å². The summed E-state index contributed by atoms with van der Waals surface area (Å²) in [5.74, 6) is 1.02. The largest absolute Gasteiger partial charge is 0.387 e. The Morgan fingerprint density at radius 3 is 2.58 bits per heavy atom. The molecule has 2 bridgehead atoms. The fourth-order valence-corrected chi connectivity index (χ4v) is 5.01. The molecule has 3 aliphatic rings. The Bertz CT molecular complexity index is 886. The monoisotopic (exact) mass is 448 g/mol. The van der Waals surface area contributed by atoms with Crippen LogP contribution >= 0.6 is 11.6 Å². The lowest BCUT2D eigenvalue weighted by Gasteiger charge is -2.52. The highest BCUT2D eigenvalue weighted by atomic mass is 35.5. The molecule has 3 fully saturated rings. The van der Waals surface area contributed by atoms with Gasteiger partial charge in [-0.3, -0.25) is 4.79 Å². The second-order valence-corrected chi connectivity index (χ2v) is 9.84. The van der Waals surface area contributed by atoms with Gasteiger partial charge in [-0.2, -0.15) is 4.99 Å². The summed E-state index contributed by atoms with van der Waals surface area (Å²) in [7, 11) is 0. The molecule has 6 N–H and O–H groups in total. The molecule has 2 unspecified atom stereocenters. The van der Waals surface area contributed by atoms with Crippen LogP contribution in [0.2, 0.25) is 5.15 Å². The second-order valence-electron chi connectivity index (χ2n) is 9.49. The first kappa shape index (κ1) is 23.5. The Balaban J connectivity index is 1.60. The lowest BCUT2D eigenvalue weighted by molar-refractivity contribution is -0.942. The van der Waals surface area contributed by atoms with Gasteiger partial charge >= 0.3 is 5.91 Å². The summed E-state index contributed by atoms with van der Waals surface area (Å²) in [6.45, 7) is 11.3. The van der Waals surface area contributed by atoms with Crippen molar-refractivity contribution in [1.29, 1.82) is 0 Å². The first-order valence-electron chi connectivity index (χ1n) is 11.1. The minimum absolute atomic E-state index is 0.0101. The summed E-state index contributed by atoms with van der Waals surface area (Å²) in [6.07, 6.45) is 7.01. The minimum Gasteiger partial charge on any atom is -0.387 e. The van der Waals surface area contributed by atoms with Gasteiger partial charge in [0.2, 0.25) is 0 Å². The molecule has 8 nitrogen and oxygen atoms in total. The highest BCUT2D eigenvalue weighted by Crippen LogP contribution is 2.40. The van der Waals surface area contributed by atoms with Crippen LogP contribution in [-0.4, -0.2) is 52.4 Å². The molecule has 0 radical (unpaired) electrons. The first-order valence-corrected chi connectivity index (χ1v) is 11.4. The second kappa shape index (κ2) is 9.53. The number of amidine groups is 1. The van der Waals surface area contributed by atoms with Crippen molar-refractivity contribution in [3.05, 3.63) is 22.5 Å². The van der Waals surface area contributed by atoms with Crippen molar-refractivity contribution >= 4 is 35.0 Å². The molecule has 0 saturated carbocycles. The number of quaternary nitrogens is 1. The van der Waals surface area contributed by atoms with Crippen LogP contribution in [0.5, 0.6) is 0 Å². The molecule has 0 aliphatic carbocycles. The molecule has 1 amide bonds. The van der Waals surface area contributed by atoms with Crippen molar-refractivity contribution in [2.75, 3.05) is 37.6 Å². The van der Waals surface area contributed by atoms with Crippen molar-refractivity contribution < 1.29 is 9.28 Å². The van der Waals surface area contributed by atoms with Gasteiger partial charge in [-0.1, -0.05) is 24.1 Å². The molecule has 31 heavy (non-hydrogen) atoms. The molecule has 9 heteroatoms. The smallest absolute Gasteiger partial charge is 0.301 e. The molecule has 170 valence electrons. The molecule has 1 aromatic rings. The molecule has 0 spiro atoms. The van der Waals surface area contributed by atoms with E-state index in [1.807, 2.05) is 6.92 Å². The van der Waals surface area contributed by atoms with E-state index < -0.39 is 5.91 Å². The van der Waals surface area contributed by atoms with Crippen LogP contribution in [0.25, 0.3) is 0 Å². The number of carbonyl (C=O) groups is 1. The summed E-state index contributed by atoms with van der Waals surface area (Å²) < 4.78 is 1.22. The van der Waals surface area contributed by atoms with Crippen LogP contribution in [0.3, 0.4) is 0 Å². The molecule has 1 aromatic heterocycles. The number of rotatable bonds is 7. The zero-order valence-electron chi connectivity index (χ0n) is 18.8. The number of hydrogen-bond acceptors (Lipinski definition) is 5. The number of fused-ring (bicyclic) bond motifs is 3. The van der Waals surface area contributed by atoms with E-state index >= 15 is 0 Å². The number of nitrogens with zero attached hydrogens (tertiary/aromatic N) is 4. The lowest BCUT2D eigenvalue weighted by atomic mass is 9.74. The minimum atomic E-state index is -0.648. The Morgan fingerprint density at radius 1 is 1.26 bits per heavy atom. The van der Waals surface area contributed by atoms with Crippen molar-refractivity contribution in [2.45, 2.75) is 46.5 Å². The molecule has 4 heterocycles. The number of nitrogen functional groups attached to an aromatic ring is 2. The summed E-state index contributed by atoms with van der Waals surface area (Å²) >= 11 is 5.86. The maximum Gasteiger partial charge on any atom is 0.301 e. The van der Waals surface area contributed by atoms with E-state index in [0.29, 0.717) is 5.92 Å².